The molecule has 2 aromatic rings. The molecular formula is C25H42N6O2. The molecule has 33 heavy (non-hydrogen) atoms. The number of carbonyl (C=O) groups excluding carboxylic acids is 1. The zero-order valence-corrected chi connectivity index (χ0v) is 20.8. The van der Waals surface area contributed by atoms with Crippen molar-refractivity contribution in [2.45, 2.75) is 85.1 Å². The molecule has 8 heteroatoms. The number of amides is 1. The molecule has 1 unspecified atom stereocenters. The van der Waals surface area contributed by atoms with Crippen LogP contribution in [0.4, 0.5) is 5.82 Å². The molecule has 0 aromatic carbocycles. The number of aryl methyl sites for hydroxylation is 1. The number of hydrogen-bond acceptors (Lipinski definition) is 6. The smallest absolute Gasteiger partial charge is 0.242 e. The van der Waals surface area contributed by atoms with Gasteiger partial charge in [0.2, 0.25) is 11.9 Å². The van der Waals surface area contributed by atoms with E-state index in [4.69, 9.17) is 9.72 Å². The minimum absolute atomic E-state index is 0.00685. The molecule has 2 aromatic heterocycles. The van der Waals surface area contributed by atoms with Crippen LogP contribution in [0.15, 0.2) is 24.8 Å². The Hall–Kier alpha value is -2.48. The molecule has 1 amide bonds. The van der Waals surface area contributed by atoms with Crippen LogP contribution in [0.3, 0.4) is 0 Å². The molecule has 0 saturated carbocycles. The van der Waals surface area contributed by atoms with Crippen LogP contribution in [0.5, 0.6) is 0 Å². The Kier molecular flexibility index (Phi) is 12.5. The maximum absolute atomic E-state index is 13.0. The lowest BCUT2D eigenvalue weighted by molar-refractivity contribution is -0.122. The van der Waals surface area contributed by atoms with Crippen LogP contribution in [-0.4, -0.2) is 51.2 Å². The van der Waals surface area contributed by atoms with Crippen LogP contribution in [0.1, 0.15) is 78.3 Å². The van der Waals surface area contributed by atoms with Gasteiger partial charge < -0.3 is 15.4 Å². The number of anilines is 1. The highest BCUT2D eigenvalue weighted by atomic mass is 16.5. The van der Waals surface area contributed by atoms with Gasteiger partial charge in [0.15, 0.2) is 0 Å². The summed E-state index contributed by atoms with van der Waals surface area (Å²) >= 11 is 0. The lowest BCUT2D eigenvalue weighted by Crippen LogP contribution is -2.41. The highest BCUT2D eigenvalue weighted by molar-refractivity contribution is 5.84. The average molecular weight is 459 g/mol. The fourth-order valence-electron chi connectivity index (χ4n) is 3.60. The summed E-state index contributed by atoms with van der Waals surface area (Å²) in [4.78, 5) is 26.5. The summed E-state index contributed by atoms with van der Waals surface area (Å²) in [6.07, 6.45) is 13.4. The van der Waals surface area contributed by atoms with Crippen molar-refractivity contribution < 1.29 is 9.53 Å². The Morgan fingerprint density at radius 2 is 1.97 bits per heavy atom. The molecule has 0 aliphatic carbocycles. The monoisotopic (exact) mass is 458 g/mol. The van der Waals surface area contributed by atoms with E-state index in [1.165, 1.54) is 19.3 Å². The molecule has 0 fully saturated rings. The maximum Gasteiger partial charge on any atom is 0.242 e. The van der Waals surface area contributed by atoms with E-state index in [1.54, 1.807) is 17.1 Å². The summed E-state index contributed by atoms with van der Waals surface area (Å²) in [5.41, 5.74) is 0.979. The van der Waals surface area contributed by atoms with Crippen LogP contribution >= 0.6 is 0 Å². The van der Waals surface area contributed by atoms with Gasteiger partial charge in [0, 0.05) is 43.9 Å². The molecule has 2 rings (SSSR count). The highest BCUT2D eigenvalue weighted by Gasteiger charge is 2.21. The predicted molar refractivity (Wildman–Crippen MR) is 133 cm³/mol. The van der Waals surface area contributed by atoms with Crippen LogP contribution in [0, 0.1) is 5.92 Å². The van der Waals surface area contributed by atoms with E-state index >= 15 is 0 Å². The number of rotatable bonds is 17. The van der Waals surface area contributed by atoms with Gasteiger partial charge in [-0.3, -0.25) is 9.36 Å². The summed E-state index contributed by atoms with van der Waals surface area (Å²) < 4.78 is 7.17. The van der Waals surface area contributed by atoms with Crippen molar-refractivity contribution in [1.29, 1.82) is 0 Å². The lowest BCUT2D eigenvalue weighted by Gasteiger charge is -2.21. The topological polar surface area (TPSA) is 94.0 Å². The van der Waals surface area contributed by atoms with Gasteiger partial charge in [-0.1, -0.05) is 40.0 Å². The second-order valence-electron chi connectivity index (χ2n) is 8.85. The number of aromatic nitrogens is 4. The van der Waals surface area contributed by atoms with Gasteiger partial charge >= 0.3 is 0 Å². The minimum Gasteiger partial charge on any atom is -0.382 e. The summed E-state index contributed by atoms with van der Waals surface area (Å²) in [6, 6.07) is 1.63. The number of carbonyl (C=O) groups is 1. The molecule has 0 saturated heterocycles. The van der Waals surface area contributed by atoms with Crippen LogP contribution in [0.25, 0.3) is 5.95 Å². The van der Waals surface area contributed by atoms with Crippen molar-refractivity contribution in [2.24, 2.45) is 5.92 Å². The molecule has 0 aliphatic rings. The largest absolute Gasteiger partial charge is 0.382 e. The van der Waals surface area contributed by atoms with E-state index in [0.717, 1.165) is 51.0 Å². The zero-order valence-electron chi connectivity index (χ0n) is 20.8. The fraction of sp³-hybridized carbons (Fsp3) is 0.680. The van der Waals surface area contributed by atoms with Gasteiger partial charge in [-0.25, -0.2) is 9.97 Å². The number of unbranched alkanes of at least 4 members (excludes halogenated alkanes) is 4. The molecule has 184 valence electrons. The Labute approximate surface area is 199 Å². The molecule has 0 spiro atoms. The molecule has 8 nitrogen and oxygen atoms in total. The number of hydrogen-bond donors (Lipinski definition) is 2. The first-order valence-electron chi connectivity index (χ1n) is 12.5. The van der Waals surface area contributed by atoms with Crippen molar-refractivity contribution in [3.63, 3.8) is 0 Å². The third-order valence-electron chi connectivity index (χ3n) is 5.35. The number of ether oxygens (including phenoxy) is 1. The Balaban J connectivity index is 2.09. The SMILES string of the molecule is CCCCCCc1cc(NC(CC(C)C)C(=O)NCCCCOCC)nc(-n2ccnc2)n1. The van der Waals surface area contributed by atoms with Gasteiger partial charge in [0.1, 0.15) is 18.2 Å². The van der Waals surface area contributed by atoms with Gasteiger partial charge in [-0.05, 0) is 44.9 Å². The summed E-state index contributed by atoms with van der Waals surface area (Å²) in [6.45, 7) is 10.6. The third-order valence-corrected chi connectivity index (χ3v) is 5.35. The Morgan fingerprint density at radius 3 is 2.67 bits per heavy atom. The minimum atomic E-state index is -0.352. The summed E-state index contributed by atoms with van der Waals surface area (Å²) in [5, 5.41) is 6.47. The second kappa shape index (κ2) is 15.4. The first-order chi connectivity index (χ1) is 16.0. The first-order valence-corrected chi connectivity index (χ1v) is 12.5. The van der Waals surface area contributed by atoms with E-state index < -0.39 is 0 Å². The molecular weight excluding hydrogens is 416 g/mol. The summed E-state index contributed by atoms with van der Waals surface area (Å²) in [7, 11) is 0. The van der Waals surface area contributed by atoms with Crippen molar-refractivity contribution in [3.8, 4) is 5.95 Å². The first kappa shape index (κ1) is 26.8. The third kappa shape index (κ3) is 10.3. The zero-order chi connectivity index (χ0) is 23.9. The van der Waals surface area contributed by atoms with Crippen molar-refractivity contribution in [3.05, 3.63) is 30.5 Å². The highest BCUT2D eigenvalue weighted by Crippen LogP contribution is 2.17. The number of nitrogens with zero attached hydrogens (tertiary/aromatic N) is 4. The van der Waals surface area contributed by atoms with Crippen molar-refractivity contribution in [1.82, 2.24) is 24.8 Å². The Morgan fingerprint density at radius 1 is 1.12 bits per heavy atom. The predicted octanol–water partition coefficient (Wildman–Crippen LogP) is 4.54. The normalized spacial score (nSPS) is 12.2. The molecule has 0 bridgehead atoms. The van der Waals surface area contributed by atoms with E-state index in [9.17, 15) is 4.79 Å². The van der Waals surface area contributed by atoms with Crippen molar-refractivity contribution in [2.75, 3.05) is 25.1 Å². The van der Waals surface area contributed by atoms with Crippen LogP contribution < -0.4 is 10.6 Å². The van der Waals surface area contributed by atoms with E-state index in [-0.39, 0.29) is 11.9 Å². The Bertz CT molecular complexity index is 794. The van der Waals surface area contributed by atoms with Crippen LogP contribution in [-0.2, 0) is 16.0 Å². The number of nitrogens with one attached hydrogen (secondary N) is 2. The van der Waals surface area contributed by atoms with Gasteiger partial charge in [0.25, 0.3) is 0 Å². The summed E-state index contributed by atoms with van der Waals surface area (Å²) in [5.74, 6) is 1.63. The van der Waals surface area contributed by atoms with Crippen LogP contribution in [0.2, 0.25) is 0 Å². The molecule has 0 radical (unpaired) electrons. The molecule has 2 N–H and O–H groups in total. The van der Waals surface area contributed by atoms with E-state index in [1.807, 2.05) is 19.2 Å². The van der Waals surface area contributed by atoms with Crippen molar-refractivity contribution >= 4 is 11.7 Å². The van der Waals surface area contributed by atoms with Gasteiger partial charge in [0.05, 0.1) is 0 Å². The number of imidazole rings is 1. The maximum atomic E-state index is 13.0. The average Bonchev–Trinajstić information content (AvgIpc) is 3.33. The molecule has 1 atom stereocenters. The second-order valence-corrected chi connectivity index (χ2v) is 8.85. The van der Waals surface area contributed by atoms with Gasteiger partial charge in [-0.2, -0.15) is 4.98 Å². The van der Waals surface area contributed by atoms with E-state index in [0.29, 0.717) is 24.2 Å². The quantitative estimate of drug-likeness (QED) is 0.338. The fourth-order valence-corrected chi connectivity index (χ4v) is 3.60. The van der Waals surface area contributed by atoms with Gasteiger partial charge in [-0.15, -0.1) is 0 Å². The standard InChI is InChI=1S/C25H42N6O2/c1-5-7-8-9-12-21-18-23(30-25(28-21)31-15-14-26-19-31)29-22(17-20(3)4)24(32)27-13-10-11-16-33-6-2/h14-15,18-20,22H,5-13,16-17H2,1-4H3,(H,27,32)(H,28,29,30). The molecule has 2 heterocycles. The van der Waals surface area contributed by atoms with E-state index in [2.05, 4.69) is 41.4 Å². The molecule has 0 aliphatic heterocycles. The lowest BCUT2D eigenvalue weighted by atomic mass is 10.0.